The summed E-state index contributed by atoms with van der Waals surface area (Å²) in [5, 5.41) is 8.72. The van der Waals surface area contributed by atoms with E-state index in [4.69, 9.17) is 16.7 Å². The molecule has 0 aromatic heterocycles. The highest BCUT2D eigenvalue weighted by atomic mass is 35.5. The maximum Gasteiger partial charge on any atom is 0.0558 e. The molecule has 0 rings (SSSR count). The van der Waals surface area contributed by atoms with E-state index >= 15 is 0 Å². The molecule has 0 atom stereocenters. The fourth-order valence-corrected chi connectivity index (χ4v) is 1.02. The molecule has 2 nitrogen and oxygen atoms in total. The van der Waals surface area contributed by atoms with Gasteiger partial charge in [0.15, 0.2) is 0 Å². The monoisotopic (exact) mass is 189 g/mol. The van der Waals surface area contributed by atoms with Crippen molar-refractivity contribution in [2.24, 2.45) is 0 Å². The highest BCUT2D eigenvalue weighted by Crippen LogP contribution is 1.99. The highest BCUT2D eigenvalue weighted by Gasteiger charge is 2.01. The van der Waals surface area contributed by atoms with Crippen LogP contribution in [0.25, 0.3) is 0 Å². The van der Waals surface area contributed by atoms with Gasteiger partial charge in [-0.15, -0.1) is 6.58 Å². The highest BCUT2D eigenvalue weighted by molar-refractivity contribution is 6.25. The number of rotatable bonds is 6. The summed E-state index contributed by atoms with van der Waals surface area (Å²) in [7, 11) is 0. The minimum absolute atomic E-state index is 0.170. The van der Waals surface area contributed by atoms with Gasteiger partial charge in [-0.3, -0.25) is 4.90 Å². The maximum absolute atomic E-state index is 8.72. The van der Waals surface area contributed by atoms with Crippen LogP contribution in [-0.4, -0.2) is 36.2 Å². The van der Waals surface area contributed by atoms with Crippen molar-refractivity contribution in [3.63, 3.8) is 0 Å². The summed E-state index contributed by atoms with van der Waals surface area (Å²) in [6.07, 6.45) is 1.82. The van der Waals surface area contributed by atoms with Gasteiger partial charge in [-0.05, 0) is 12.5 Å². The number of aliphatic hydroxyl groups is 1. The van der Waals surface area contributed by atoms with Crippen molar-refractivity contribution < 1.29 is 5.11 Å². The summed E-state index contributed by atoms with van der Waals surface area (Å²) in [5.74, 6) is 0. The van der Waals surface area contributed by atoms with Gasteiger partial charge in [0, 0.05) is 25.2 Å². The van der Waals surface area contributed by atoms with Crippen LogP contribution in [0, 0.1) is 0 Å². The first-order valence-electron chi connectivity index (χ1n) is 3.94. The Morgan fingerprint density at radius 2 is 2.33 bits per heavy atom. The van der Waals surface area contributed by atoms with E-state index in [1.54, 1.807) is 5.54 Å². The molecule has 1 N–H and O–H groups in total. The molecule has 0 heterocycles. The van der Waals surface area contributed by atoms with E-state index in [-0.39, 0.29) is 6.61 Å². The van der Waals surface area contributed by atoms with Crippen molar-refractivity contribution in [1.29, 1.82) is 0 Å². The largest absolute Gasteiger partial charge is 0.395 e. The van der Waals surface area contributed by atoms with Gasteiger partial charge in [0.2, 0.25) is 0 Å². The molecule has 0 bridgehead atoms. The minimum Gasteiger partial charge on any atom is -0.395 e. The fraction of sp³-hybridized carbons (Fsp3) is 0.556. The first kappa shape index (κ1) is 11.7. The Kier molecular flexibility index (Phi) is 7.16. The third-order valence-electron chi connectivity index (χ3n) is 1.46. The van der Waals surface area contributed by atoms with Crippen LogP contribution in [0.4, 0.5) is 0 Å². The number of nitrogens with zero attached hydrogens (tertiary/aromatic N) is 1. The van der Waals surface area contributed by atoms with Crippen molar-refractivity contribution in [2.75, 3.05) is 26.2 Å². The molecular formula is C9H16ClNO. The lowest BCUT2D eigenvalue weighted by Gasteiger charge is -2.19. The van der Waals surface area contributed by atoms with E-state index < -0.39 is 0 Å². The van der Waals surface area contributed by atoms with E-state index in [0.717, 1.165) is 18.7 Å². The Balaban J connectivity index is 3.84. The Labute approximate surface area is 79.1 Å². The molecule has 0 aliphatic rings. The molecule has 0 unspecified atom stereocenters. The molecule has 3 heteroatoms. The summed E-state index contributed by atoms with van der Waals surface area (Å²) in [6, 6.07) is 0. The molecule has 0 aliphatic heterocycles. The molecule has 12 heavy (non-hydrogen) atoms. The fourth-order valence-electron chi connectivity index (χ4n) is 0.946. The van der Waals surface area contributed by atoms with Crippen LogP contribution >= 0.6 is 11.6 Å². The van der Waals surface area contributed by atoms with E-state index in [2.05, 4.69) is 11.5 Å². The number of hydrogen-bond acceptors (Lipinski definition) is 2. The zero-order valence-electron chi connectivity index (χ0n) is 7.46. The van der Waals surface area contributed by atoms with E-state index in [1.165, 1.54) is 0 Å². The van der Waals surface area contributed by atoms with Gasteiger partial charge in [-0.2, -0.15) is 0 Å². The van der Waals surface area contributed by atoms with Crippen LogP contribution in [-0.2, 0) is 0 Å². The van der Waals surface area contributed by atoms with E-state index in [9.17, 15) is 0 Å². The molecule has 0 amide bonds. The molecule has 0 aliphatic carbocycles. The molecule has 0 aromatic rings. The van der Waals surface area contributed by atoms with Crippen LogP contribution in [0.1, 0.15) is 6.92 Å². The summed E-state index contributed by atoms with van der Waals surface area (Å²) >= 11 is 5.52. The lowest BCUT2D eigenvalue weighted by Crippen LogP contribution is -2.28. The molecule has 0 saturated heterocycles. The zero-order chi connectivity index (χ0) is 9.40. The third-order valence-corrected chi connectivity index (χ3v) is 1.84. The molecule has 0 fully saturated rings. The van der Waals surface area contributed by atoms with Crippen molar-refractivity contribution in [3.05, 3.63) is 23.8 Å². The average molecular weight is 190 g/mol. The maximum atomic E-state index is 8.72. The predicted molar refractivity (Wildman–Crippen MR) is 53.3 cm³/mol. The molecule has 0 saturated carbocycles. The van der Waals surface area contributed by atoms with Crippen LogP contribution in [0.2, 0.25) is 0 Å². The number of halogens is 1. The second-order valence-corrected chi connectivity index (χ2v) is 2.92. The van der Waals surface area contributed by atoms with Gasteiger partial charge >= 0.3 is 0 Å². The lowest BCUT2D eigenvalue weighted by atomic mass is 10.3. The summed E-state index contributed by atoms with van der Waals surface area (Å²) in [5.41, 5.74) is 2.65. The Morgan fingerprint density at radius 1 is 1.67 bits per heavy atom. The lowest BCUT2D eigenvalue weighted by molar-refractivity contribution is 0.218. The topological polar surface area (TPSA) is 23.5 Å². The predicted octanol–water partition coefficient (Wildman–Crippen LogP) is 1.61. The van der Waals surface area contributed by atoms with Crippen molar-refractivity contribution in [3.8, 4) is 0 Å². The number of aliphatic hydroxyl groups excluding tert-OH is 1. The molecular weight excluding hydrogens is 174 g/mol. The van der Waals surface area contributed by atoms with E-state index in [1.807, 2.05) is 13.0 Å². The van der Waals surface area contributed by atoms with Gasteiger partial charge in [0.05, 0.1) is 6.61 Å². The van der Waals surface area contributed by atoms with Gasteiger partial charge < -0.3 is 5.11 Å². The van der Waals surface area contributed by atoms with Gasteiger partial charge in [0.1, 0.15) is 0 Å². The van der Waals surface area contributed by atoms with Crippen LogP contribution in [0.5, 0.6) is 0 Å². The first-order valence-corrected chi connectivity index (χ1v) is 4.38. The summed E-state index contributed by atoms with van der Waals surface area (Å²) in [4.78, 5) is 2.07. The Hall–Kier alpha value is -0.310. The van der Waals surface area contributed by atoms with Crippen LogP contribution in [0.15, 0.2) is 23.8 Å². The van der Waals surface area contributed by atoms with Crippen molar-refractivity contribution in [2.45, 2.75) is 6.92 Å². The van der Waals surface area contributed by atoms with Crippen molar-refractivity contribution in [1.82, 2.24) is 4.90 Å². The Bertz CT molecular complexity index is 157. The number of hydrogen-bond donors (Lipinski definition) is 1. The van der Waals surface area contributed by atoms with Crippen LogP contribution < -0.4 is 0 Å². The van der Waals surface area contributed by atoms with Gasteiger partial charge in [0.25, 0.3) is 0 Å². The second-order valence-electron chi connectivity index (χ2n) is 2.70. The molecule has 70 valence electrons. The quantitative estimate of drug-likeness (QED) is 0.642. The first-order chi connectivity index (χ1) is 5.74. The summed E-state index contributed by atoms with van der Waals surface area (Å²) in [6.45, 7) is 8.00. The van der Waals surface area contributed by atoms with Crippen LogP contribution in [0.3, 0.4) is 0 Å². The smallest absolute Gasteiger partial charge is 0.0558 e. The normalized spacial score (nSPS) is 12.2. The van der Waals surface area contributed by atoms with E-state index in [0.29, 0.717) is 6.54 Å². The average Bonchev–Trinajstić information content (AvgIpc) is 2.05. The third kappa shape index (κ3) is 5.35. The minimum atomic E-state index is 0.170. The molecule has 0 spiro atoms. The summed E-state index contributed by atoms with van der Waals surface area (Å²) < 4.78 is 0. The standard InChI is InChI=1S/C9H16ClNO/c1-3-4-11(5-6-12)8-9(2)7-10/h3,7,12H,1,4-6,8H2,2H3/b9-7-. The van der Waals surface area contributed by atoms with Crippen molar-refractivity contribution >= 4 is 11.6 Å². The van der Waals surface area contributed by atoms with Gasteiger partial charge in [-0.25, -0.2) is 0 Å². The molecule has 0 radical (unpaired) electrons. The zero-order valence-corrected chi connectivity index (χ0v) is 8.22. The SMILES string of the molecule is C=CCN(CCO)C/C(C)=C\Cl. The van der Waals surface area contributed by atoms with Gasteiger partial charge in [-0.1, -0.05) is 17.7 Å². The molecule has 0 aromatic carbocycles. The Morgan fingerprint density at radius 3 is 2.75 bits per heavy atom. The second kappa shape index (κ2) is 7.35.